The molecule has 7 rings (SSSR count). The van der Waals surface area contributed by atoms with E-state index in [4.69, 9.17) is 15.5 Å². The molecule has 2 aromatic carbocycles. The number of fused-ring (bicyclic) bond motifs is 3. The molecule has 0 bridgehead atoms. The first-order valence-electron chi connectivity index (χ1n) is 15.8. The molecule has 0 spiro atoms. The fourth-order valence-electron chi connectivity index (χ4n) is 7.41. The van der Waals surface area contributed by atoms with Gasteiger partial charge in [0.05, 0.1) is 23.2 Å². The van der Waals surface area contributed by atoms with E-state index in [9.17, 15) is 9.50 Å². The summed E-state index contributed by atoms with van der Waals surface area (Å²) in [7, 11) is 0. The first-order valence-corrected chi connectivity index (χ1v) is 15.8. The molecule has 0 saturated carbocycles. The molecule has 4 aromatic rings. The lowest BCUT2D eigenvalue weighted by Gasteiger charge is -2.31. The average molecular weight is 614 g/mol. The summed E-state index contributed by atoms with van der Waals surface area (Å²) in [6.45, 7) is 6.08. The molecule has 0 amide bonds. The molecule has 9 nitrogen and oxygen atoms in total. The van der Waals surface area contributed by atoms with Crippen LogP contribution < -0.4 is 15.4 Å². The second-order valence-electron chi connectivity index (χ2n) is 12.2. The van der Waals surface area contributed by atoms with Crippen molar-refractivity contribution in [1.82, 2.24) is 19.9 Å². The Labute approximate surface area is 260 Å². The van der Waals surface area contributed by atoms with E-state index in [2.05, 4.69) is 19.9 Å². The number of aliphatic imine (C=N–C) groups is 1. The number of anilines is 1. The third kappa shape index (κ3) is 5.22. The molecule has 45 heavy (non-hydrogen) atoms. The van der Waals surface area contributed by atoms with E-state index >= 15 is 4.39 Å². The number of nitrogens with two attached hydrogens (primary N) is 1. The molecule has 5 heterocycles. The van der Waals surface area contributed by atoms with Crippen LogP contribution in [0.25, 0.3) is 32.9 Å². The van der Waals surface area contributed by atoms with Crippen molar-refractivity contribution < 1.29 is 18.6 Å². The lowest BCUT2D eigenvalue weighted by Crippen LogP contribution is -2.43. The van der Waals surface area contributed by atoms with Crippen LogP contribution in [0.3, 0.4) is 0 Å². The summed E-state index contributed by atoms with van der Waals surface area (Å²) < 4.78 is 38.2. The van der Waals surface area contributed by atoms with Crippen molar-refractivity contribution in [2.45, 2.75) is 51.0 Å². The third-order valence-electron chi connectivity index (χ3n) is 9.53. The number of aryl methyl sites for hydroxylation is 1. The van der Waals surface area contributed by atoms with Crippen LogP contribution in [0, 0.1) is 11.6 Å². The van der Waals surface area contributed by atoms with E-state index in [1.54, 1.807) is 24.4 Å². The highest BCUT2D eigenvalue weighted by atomic mass is 19.1. The summed E-state index contributed by atoms with van der Waals surface area (Å²) in [6.07, 6.45) is 10.3. The summed E-state index contributed by atoms with van der Waals surface area (Å²) in [5.74, 6) is -0.649. The van der Waals surface area contributed by atoms with Crippen molar-refractivity contribution in [3.8, 4) is 23.0 Å². The smallest absolute Gasteiger partial charge is 0.319 e. The molecule has 0 radical (unpaired) electrons. The molecule has 2 fully saturated rings. The van der Waals surface area contributed by atoms with Gasteiger partial charge >= 0.3 is 6.01 Å². The predicted molar refractivity (Wildman–Crippen MR) is 172 cm³/mol. The third-order valence-corrected chi connectivity index (χ3v) is 9.53. The number of hydrogen-bond acceptors (Lipinski definition) is 9. The summed E-state index contributed by atoms with van der Waals surface area (Å²) in [4.78, 5) is 23.2. The first kappa shape index (κ1) is 29.3. The number of rotatable bonds is 7. The van der Waals surface area contributed by atoms with Gasteiger partial charge in [0, 0.05) is 24.8 Å². The Morgan fingerprint density at radius 1 is 1.09 bits per heavy atom. The monoisotopic (exact) mass is 613 g/mol. The number of aromatic nitrogens is 3. The van der Waals surface area contributed by atoms with Gasteiger partial charge in [-0.2, -0.15) is 9.97 Å². The van der Waals surface area contributed by atoms with Crippen LogP contribution in [0.4, 0.5) is 14.6 Å². The quantitative estimate of drug-likeness (QED) is 0.280. The number of aromatic hydroxyl groups is 1. The fraction of sp³-hybridized carbons (Fsp3) is 0.412. The molecular formula is C34H37F2N7O2. The molecule has 0 unspecified atom stereocenters. The van der Waals surface area contributed by atoms with E-state index in [0.29, 0.717) is 65.8 Å². The zero-order valence-corrected chi connectivity index (χ0v) is 25.4. The number of phenolic OH excluding ortho intramolecular Hbond substituents is 1. The van der Waals surface area contributed by atoms with Crippen molar-refractivity contribution in [3.63, 3.8) is 0 Å². The normalized spacial score (nSPS) is 18.6. The van der Waals surface area contributed by atoms with Gasteiger partial charge in [-0.25, -0.2) is 8.78 Å². The van der Waals surface area contributed by atoms with Crippen LogP contribution in [0.15, 0.2) is 47.7 Å². The Morgan fingerprint density at radius 2 is 1.91 bits per heavy atom. The van der Waals surface area contributed by atoms with Gasteiger partial charge < -0.3 is 20.5 Å². The maximum Gasteiger partial charge on any atom is 0.319 e. The Morgan fingerprint density at radius 3 is 2.69 bits per heavy atom. The largest absolute Gasteiger partial charge is 0.508 e. The molecular weight excluding hydrogens is 576 g/mol. The lowest BCUT2D eigenvalue weighted by molar-refractivity contribution is 0.108. The number of halogens is 2. The highest BCUT2D eigenvalue weighted by Gasteiger charge is 2.45. The van der Waals surface area contributed by atoms with Crippen LogP contribution in [-0.4, -0.2) is 75.5 Å². The van der Waals surface area contributed by atoms with E-state index in [1.807, 2.05) is 11.8 Å². The number of ether oxygens (including phenoxy) is 1. The maximum atomic E-state index is 16.8. The minimum Gasteiger partial charge on any atom is -0.508 e. The van der Waals surface area contributed by atoms with Gasteiger partial charge in [0.2, 0.25) is 0 Å². The van der Waals surface area contributed by atoms with E-state index < -0.39 is 11.6 Å². The second-order valence-corrected chi connectivity index (χ2v) is 12.2. The van der Waals surface area contributed by atoms with E-state index in [1.165, 1.54) is 18.3 Å². The molecule has 2 aromatic heterocycles. The average Bonchev–Trinajstić information content (AvgIpc) is 3.53. The van der Waals surface area contributed by atoms with Crippen molar-refractivity contribution in [3.05, 3.63) is 59.9 Å². The van der Waals surface area contributed by atoms with Crippen LogP contribution in [0.1, 0.15) is 44.6 Å². The fourth-order valence-corrected chi connectivity index (χ4v) is 7.41. The number of phenols is 1. The molecule has 2 saturated heterocycles. The second kappa shape index (κ2) is 11.8. The minimum atomic E-state index is -0.689. The summed E-state index contributed by atoms with van der Waals surface area (Å²) in [5.41, 5.74) is 7.19. The number of nitrogens with zero attached hydrogens (tertiary/aromatic N) is 6. The lowest BCUT2D eigenvalue weighted by atomic mass is 9.94. The summed E-state index contributed by atoms with van der Waals surface area (Å²) in [5, 5.41) is 12.1. The predicted octanol–water partition coefficient (Wildman–Crippen LogP) is 5.52. The van der Waals surface area contributed by atoms with Crippen molar-refractivity contribution in [2.75, 3.05) is 44.2 Å². The molecule has 3 N–H and O–H groups in total. The molecule has 234 valence electrons. The minimum absolute atomic E-state index is 0.0279. The Kier molecular flexibility index (Phi) is 7.72. The molecule has 0 aliphatic carbocycles. The van der Waals surface area contributed by atoms with Crippen LogP contribution in [-0.2, 0) is 6.42 Å². The van der Waals surface area contributed by atoms with Crippen molar-refractivity contribution in [1.29, 1.82) is 0 Å². The molecule has 11 heteroatoms. The van der Waals surface area contributed by atoms with Gasteiger partial charge in [0.1, 0.15) is 35.2 Å². The van der Waals surface area contributed by atoms with Crippen LogP contribution >= 0.6 is 0 Å². The topological polar surface area (TPSA) is 113 Å². The zero-order chi connectivity index (χ0) is 31.1. The Balaban J connectivity index is 1.39. The summed E-state index contributed by atoms with van der Waals surface area (Å²) in [6, 6.07) is 6.03. The number of hydrogen-bond donors (Lipinski definition) is 2. The van der Waals surface area contributed by atoms with E-state index in [0.717, 1.165) is 50.9 Å². The highest BCUT2D eigenvalue weighted by molar-refractivity contribution is 6.03. The molecule has 0 atom stereocenters. The van der Waals surface area contributed by atoms with Crippen molar-refractivity contribution >= 4 is 33.2 Å². The summed E-state index contributed by atoms with van der Waals surface area (Å²) >= 11 is 0. The zero-order valence-electron chi connectivity index (χ0n) is 25.4. The van der Waals surface area contributed by atoms with Gasteiger partial charge in [0.25, 0.3) is 0 Å². The van der Waals surface area contributed by atoms with Gasteiger partial charge in [-0.1, -0.05) is 13.0 Å². The standard InChI is InChI=1S/C34H37F2N7O2/c1-2-24-27(35)7-6-21-16-23(44)17-25(28(21)24)30-29(36)31-26(18-39-30)32(42-13-5-12-38-22(19-42)8-11-37)41-33(40-31)45-20-34-9-3-14-43(34)15-4-10-34/h6-8,11,16-18,44H,2-5,9-10,12-15,19-20,37H2,1H3. The van der Waals surface area contributed by atoms with Crippen LogP contribution in [0.5, 0.6) is 11.8 Å². The maximum absolute atomic E-state index is 16.8. The molecule has 3 aliphatic heterocycles. The van der Waals surface area contributed by atoms with Crippen molar-refractivity contribution in [2.24, 2.45) is 10.7 Å². The van der Waals surface area contributed by atoms with Gasteiger partial charge in [-0.05, 0) is 98.4 Å². The first-order chi connectivity index (χ1) is 21.9. The number of benzene rings is 2. The SMILES string of the molecule is CCc1c(F)ccc2cc(O)cc(-c3ncc4c(N5CCCN=C(C=CN)C5)nc(OCC56CCCN5CCC6)nc4c3F)c12. The Hall–Kier alpha value is -4.38. The Bertz CT molecular complexity index is 1830. The van der Waals surface area contributed by atoms with Crippen LogP contribution in [0.2, 0.25) is 0 Å². The van der Waals surface area contributed by atoms with Gasteiger partial charge in [-0.3, -0.25) is 14.9 Å². The number of pyridine rings is 1. The van der Waals surface area contributed by atoms with Gasteiger partial charge in [0.15, 0.2) is 5.82 Å². The van der Waals surface area contributed by atoms with E-state index in [-0.39, 0.29) is 28.5 Å². The highest BCUT2D eigenvalue weighted by Crippen LogP contribution is 2.41. The molecule has 3 aliphatic rings. The van der Waals surface area contributed by atoms with Gasteiger partial charge in [-0.15, -0.1) is 0 Å².